The molecule has 1 aromatic carbocycles. The minimum absolute atomic E-state index is 0.865. The van der Waals surface area contributed by atoms with E-state index in [1.54, 1.807) is 11.3 Å². The van der Waals surface area contributed by atoms with Crippen molar-refractivity contribution >= 4 is 23.0 Å². The van der Waals surface area contributed by atoms with Crippen LogP contribution >= 0.6 is 11.3 Å². The lowest BCUT2D eigenvalue weighted by atomic mass is 10.3. The topological polar surface area (TPSA) is 42.7 Å². The summed E-state index contributed by atoms with van der Waals surface area (Å²) in [6.45, 7) is 2.90. The lowest BCUT2D eigenvalue weighted by Gasteiger charge is -2.08. The Morgan fingerprint density at radius 3 is 2.85 bits per heavy atom. The average Bonchev–Trinajstić information content (AvgIpc) is 3.07. The van der Waals surface area contributed by atoms with Crippen LogP contribution in [-0.2, 0) is 13.0 Å². The third-order valence-electron chi connectivity index (χ3n) is 2.98. The first-order valence-corrected chi connectivity index (χ1v) is 7.43. The molecule has 0 amide bonds. The zero-order chi connectivity index (χ0) is 13.8. The highest BCUT2D eigenvalue weighted by Crippen LogP contribution is 2.16. The number of benzene rings is 1. The van der Waals surface area contributed by atoms with Gasteiger partial charge < -0.3 is 9.88 Å². The van der Waals surface area contributed by atoms with Crippen molar-refractivity contribution in [2.24, 2.45) is 0 Å². The van der Waals surface area contributed by atoms with Crippen molar-refractivity contribution in [2.45, 2.75) is 19.9 Å². The molecule has 4 nitrogen and oxygen atoms in total. The maximum absolute atomic E-state index is 4.49. The number of aryl methyl sites for hydroxylation is 3. The van der Waals surface area contributed by atoms with Gasteiger partial charge in [0.05, 0.1) is 5.01 Å². The Labute approximate surface area is 122 Å². The van der Waals surface area contributed by atoms with Crippen molar-refractivity contribution in [3.63, 3.8) is 0 Å². The largest absolute Gasteiger partial charge is 0.326 e. The Bertz CT molecular complexity index is 672. The summed E-state index contributed by atoms with van der Waals surface area (Å²) in [6.07, 6.45) is 4.74. The van der Waals surface area contributed by atoms with Gasteiger partial charge in [0.15, 0.2) is 0 Å². The lowest BCUT2D eigenvalue weighted by molar-refractivity contribution is 0.700. The van der Waals surface area contributed by atoms with Gasteiger partial charge in [-0.25, -0.2) is 9.97 Å². The molecule has 0 aliphatic heterocycles. The molecular weight excluding hydrogens is 268 g/mol. The highest BCUT2D eigenvalue weighted by Gasteiger charge is 2.05. The molecule has 102 valence electrons. The molecule has 0 spiro atoms. The van der Waals surface area contributed by atoms with Crippen LogP contribution in [0.1, 0.15) is 10.7 Å². The summed E-state index contributed by atoms with van der Waals surface area (Å²) in [6, 6.07) is 10.1. The predicted octanol–water partition coefficient (Wildman–Crippen LogP) is 3.63. The summed E-state index contributed by atoms with van der Waals surface area (Å²) in [4.78, 5) is 8.85. The van der Waals surface area contributed by atoms with Crippen LogP contribution in [0.2, 0.25) is 0 Å². The van der Waals surface area contributed by atoms with Gasteiger partial charge in [-0.05, 0) is 19.1 Å². The predicted molar refractivity (Wildman–Crippen MR) is 82.5 cm³/mol. The minimum Gasteiger partial charge on any atom is -0.326 e. The summed E-state index contributed by atoms with van der Waals surface area (Å²) in [5, 5.41) is 6.59. The van der Waals surface area contributed by atoms with Crippen LogP contribution < -0.4 is 5.32 Å². The van der Waals surface area contributed by atoms with Crippen molar-refractivity contribution in [2.75, 3.05) is 5.32 Å². The molecule has 3 aromatic rings. The van der Waals surface area contributed by atoms with E-state index in [1.165, 1.54) is 5.01 Å². The van der Waals surface area contributed by atoms with Gasteiger partial charge >= 0.3 is 0 Å². The first-order valence-electron chi connectivity index (χ1n) is 6.55. The molecule has 0 aliphatic carbocycles. The standard InChI is InChI=1S/C15H16N4S/c1-12-11-20-14(17-12)7-9-19-10-8-16-15(19)18-13-5-3-2-4-6-13/h2-6,8,10-11H,7,9H2,1H3,(H,16,18). The highest BCUT2D eigenvalue weighted by molar-refractivity contribution is 7.09. The first kappa shape index (κ1) is 12.9. The van der Waals surface area contributed by atoms with Gasteiger partial charge in [-0.2, -0.15) is 0 Å². The van der Waals surface area contributed by atoms with E-state index in [2.05, 4.69) is 25.2 Å². The number of thiazole rings is 1. The summed E-state index contributed by atoms with van der Waals surface area (Å²) in [5.74, 6) is 0.865. The number of imidazole rings is 1. The van der Waals surface area contributed by atoms with E-state index in [4.69, 9.17) is 0 Å². The van der Waals surface area contributed by atoms with Crippen molar-refractivity contribution in [3.8, 4) is 0 Å². The number of anilines is 2. The van der Waals surface area contributed by atoms with Gasteiger partial charge in [-0.3, -0.25) is 0 Å². The normalized spacial score (nSPS) is 10.7. The van der Waals surface area contributed by atoms with Crippen LogP contribution in [0, 0.1) is 6.92 Å². The molecule has 1 N–H and O–H groups in total. The second-order valence-corrected chi connectivity index (χ2v) is 5.51. The van der Waals surface area contributed by atoms with Crippen molar-refractivity contribution in [1.29, 1.82) is 0 Å². The zero-order valence-electron chi connectivity index (χ0n) is 11.3. The van der Waals surface area contributed by atoms with E-state index in [0.29, 0.717) is 0 Å². The number of hydrogen-bond acceptors (Lipinski definition) is 4. The van der Waals surface area contributed by atoms with E-state index in [0.717, 1.165) is 30.3 Å². The minimum atomic E-state index is 0.865. The highest BCUT2D eigenvalue weighted by atomic mass is 32.1. The second-order valence-electron chi connectivity index (χ2n) is 4.57. The first-order chi connectivity index (χ1) is 9.81. The van der Waals surface area contributed by atoms with Crippen molar-refractivity contribution < 1.29 is 0 Å². The number of aromatic nitrogens is 3. The second kappa shape index (κ2) is 5.88. The smallest absolute Gasteiger partial charge is 0.207 e. The number of para-hydroxylation sites is 1. The van der Waals surface area contributed by atoms with Crippen LogP contribution in [0.4, 0.5) is 11.6 Å². The fraction of sp³-hybridized carbons (Fsp3) is 0.200. The molecular formula is C15H16N4S. The lowest BCUT2D eigenvalue weighted by Crippen LogP contribution is -2.05. The molecule has 20 heavy (non-hydrogen) atoms. The fourth-order valence-electron chi connectivity index (χ4n) is 2.00. The Hall–Kier alpha value is -2.14. The third kappa shape index (κ3) is 3.05. The van der Waals surface area contributed by atoms with E-state index in [9.17, 15) is 0 Å². The summed E-state index contributed by atoms with van der Waals surface area (Å²) < 4.78 is 2.11. The molecule has 2 aromatic heterocycles. The fourth-order valence-corrected chi connectivity index (χ4v) is 2.76. The van der Waals surface area contributed by atoms with E-state index in [1.807, 2.05) is 49.6 Å². The van der Waals surface area contributed by atoms with Crippen LogP contribution in [0.25, 0.3) is 0 Å². The molecule has 0 aliphatic rings. The summed E-state index contributed by atoms with van der Waals surface area (Å²) >= 11 is 1.72. The molecule has 0 bridgehead atoms. The maximum atomic E-state index is 4.49. The molecule has 0 atom stereocenters. The van der Waals surface area contributed by atoms with Gasteiger partial charge in [0.25, 0.3) is 0 Å². The Morgan fingerprint density at radius 1 is 1.25 bits per heavy atom. The molecule has 5 heteroatoms. The Balaban J connectivity index is 1.67. The molecule has 2 heterocycles. The quantitative estimate of drug-likeness (QED) is 0.778. The van der Waals surface area contributed by atoms with E-state index >= 15 is 0 Å². The zero-order valence-corrected chi connectivity index (χ0v) is 12.1. The third-order valence-corrected chi connectivity index (χ3v) is 4.01. The summed E-state index contributed by atoms with van der Waals surface area (Å²) in [5.41, 5.74) is 2.14. The van der Waals surface area contributed by atoms with Gasteiger partial charge in [0.1, 0.15) is 0 Å². The van der Waals surface area contributed by atoms with Crippen LogP contribution in [0.5, 0.6) is 0 Å². The van der Waals surface area contributed by atoms with Gasteiger partial charge in [0, 0.05) is 42.1 Å². The average molecular weight is 284 g/mol. The van der Waals surface area contributed by atoms with Crippen LogP contribution in [0.3, 0.4) is 0 Å². The van der Waals surface area contributed by atoms with E-state index in [-0.39, 0.29) is 0 Å². The van der Waals surface area contributed by atoms with Crippen LogP contribution in [-0.4, -0.2) is 14.5 Å². The number of nitrogens with zero attached hydrogens (tertiary/aromatic N) is 3. The Kier molecular flexibility index (Phi) is 3.78. The van der Waals surface area contributed by atoms with Gasteiger partial charge in [-0.1, -0.05) is 18.2 Å². The maximum Gasteiger partial charge on any atom is 0.207 e. The van der Waals surface area contributed by atoms with Crippen LogP contribution in [0.15, 0.2) is 48.1 Å². The molecule has 0 radical (unpaired) electrons. The Morgan fingerprint density at radius 2 is 2.10 bits per heavy atom. The number of rotatable bonds is 5. The molecule has 0 saturated heterocycles. The SMILES string of the molecule is Cc1csc(CCn2ccnc2Nc2ccccc2)n1. The summed E-state index contributed by atoms with van der Waals surface area (Å²) in [7, 11) is 0. The van der Waals surface area contributed by atoms with Gasteiger partial charge in [0.2, 0.25) is 5.95 Å². The molecule has 0 unspecified atom stereocenters. The van der Waals surface area contributed by atoms with E-state index < -0.39 is 0 Å². The number of hydrogen-bond donors (Lipinski definition) is 1. The van der Waals surface area contributed by atoms with Gasteiger partial charge in [-0.15, -0.1) is 11.3 Å². The monoisotopic (exact) mass is 284 g/mol. The van der Waals surface area contributed by atoms with Crippen molar-refractivity contribution in [1.82, 2.24) is 14.5 Å². The number of nitrogens with one attached hydrogen (secondary N) is 1. The van der Waals surface area contributed by atoms with Crippen molar-refractivity contribution in [3.05, 3.63) is 58.8 Å². The molecule has 3 rings (SSSR count). The molecule has 0 fully saturated rings. The molecule has 0 saturated carbocycles.